The molecule has 172 valence electrons. The third kappa shape index (κ3) is 4.75. The number of carbonyl (C=O) groups excluding carboxylic acids is 1. The molecule has 0 bridgehead atoms. The molecule has 1 fully saturated rings. The van der Waals surface area contributed by atoms with E-state index in [0.29, 0.717) is 61.1 Å². The van der Waals surface area contributed by atoms with E-state index in [1.807, 2.05) is 11.8 Å². The molecule has 12 nitrogen and oxygen atoms in total. The van der Waals surface area contributed by atoms with Gasteiger partial charge in [0.1, 0.15) is 11.4 Å². The lowest BCUT2D eigenvalue weighted by atomic mass is 10.2. The molecular weight excluding hydrogens is 430 g/mol. The highest BCUT2D eigenvalue weighted by Gasteiger charge is 2.24. The number of benzene rings is 1. The monoisotopic (exact) mass is 453 g/mol. The van der Waals surface area contributed by atoms with Crippen molar-refractivity contribution in [2.45, 2.75) is 13.3 Å². The molecule has 0 aliphatic carbocycles. The first-order valence-corrected chi connectivity index (χ1v) is 10.3. The zero-order valence-corrected chi connectivity index (χ0v) is 18.2. The highest BCUT2D eigenvalue weighted by atomic mass is 16.6. The van der Waals surface area contributed by atoms with Gasteiger partial charge in [-0.2, -0.15) is 10.1 Å². The fraction of sp³-hybridized carbons (Fsp3) is 0.333. The molecule has 4 rings (SSSR count). The number of carbonyl (C=O) groups is 1. The lowest BCUT2D eigenvalue weighted by Gasteiger charge is -2.23. The highest BCUT2D eigenvalue weighted by Crippen LogP contribution is 2.39. The van der Waals surface area contributed by atoms with Crippen molar-refractivity contribution in [3.05, 3.63) is 52.0 Å². The molecule has 33 heavy (non-hydrogen) atoms. The summed E-state index contributed by atoms with van der Waals surface area (Å²) >= 11 is 0. The van der Waals surface area contributed by atoms with Crippen LogP contribution in [0.4, 0.5) is 23.0 Å². The predicted molar refractivity (Wildman–Crippen MR) is 120 cm³/mol. The predicted octanol–water partition coefficient (Wildman–Crippen LogP) is 2.67. The SMILES string of the molecule is COc1cc(N2CCCOCC2)c([N+](=O)[O-])cc1Nc1ncc(C)c(-n2cc(C=O)cn2)n1. The third-order valence-electron chi connectivity index (χ3n) is 5.20. The Morgan fingerprint density at radius 3 is 2.85 bits per heavy atom. The maximum absolute atomic E-state index is 11.9. The first kappa shape index (κ1) is 22.1. The fourth-order valence-corrected chi connectivity index (χ4v) is 3.57. The Kier molecular flexibility index (Phi) is 6.45. The molecule has 0 spiro atoms. The third-order valence-corrected chi connectivity index (χ3v) is 5.20. The largest absolute Gasteiger partial charge is 0.494 e. The highest BCUT2D eigenvalue weighted by molar-refractivity contribution is 5.77. The number of ether oxygens (including phenoxy) is 2. The van der Waals surface area contributed by atoms with Gasteiger partial charge < -0.3 is 19.7 Å². The molecule has 0 radical (unpaired) electrons. The average Bonchev–Trinajstić information content (AvgIpc) is 3.13. The Morgan fingerprint density at radius 1 is 1.27 bits per heavy atom. The summed E-state index contributed by atoms with van der Waals surface area (Å²) < 4.78 is 12.5. The fourth-order valence-electron chi connectivity index (χ4n) is 3.57. The number of methoxy groups -OCH3 is 1. The van der Waals surface area contributed by atoms with Crippen molar-refractivity contribution in [1.82, 2.24) is 19.7 Å². The number of hydrogen-bond donors (Lipinski definition) is 1. The van der Waals surface area contributed by atoms with Gasteiger partial charge in [-0.3, -0.25) is 14.9 Å². The normalized spacial score (nSPS) is 13.9. The maximum Gasteiger partial charge on any atom is 0.294 e. The second kappa shape index (κ2) is 9.61. The first-order valence-electron chi connectivity index (χ1n) is 10.3. The molecule has 3 heterocycles. The molecule has 0 saturated carbocycles. The van der Waals surface area contributed by atoms with Crippen molar-refractivity contribution in [3.8, 4) is 11.6 Å². The molecule has 12 heteroatoms. The van der Waals surface area contributed by atoms with E-state index in [0.717, 1.165) is 12.0 Å². The summed E-state index contributed by atoms with van der Waals surface area (Å²) in [6.45, 7) is 4.13. The van der Waals surface area contributed by atoms with Crippen LogP contribution in [0.5, 0.6) is 5.75 Å². The van der Waals surface area contributed by atoms with E-state index in [4.69, 9.17) is 9.47 Å². The lowest BCUT2D eigenvalue weighted by molar-refractivity contribution is -0.384. The molecule has 1 aliphatic heterocycles. The second-order valence-corrected chi connectivity index (χ2v) is 7.41. The van der Waals surface area contributed by atoms with E-state index in [1.165, 1.54) is 24.1 Å². The van der Waals surface area contributed by atoms with E-state index >= 15 is 0 Å². The molecule has 0 atom stereocenters. The molecule has 2 aromatic heterocycles. The molecule has 1 aliphatic rings. The van der Waals surface area contributed by atoms with Crippen molar-refractivity contribution in [3.63, 3.8) is 0 Å². The van der Waals surface area contributed by atoms with Crippen molar-refractivity contribution >= 4 is 29.3 Å². The van der Waals surface area contributed by atoms with Crippen molar-refractivity contribution in [2.75, 3.05) is 43.6 Å². The topological polar surface area (TPSA) is 138 Å². The maximum atomic E-state index is 11.9. The van der Waals surface area contributed by atoms with Crippen LogP contribution in [0, 0.1) is 17.0 Å². The Morgan fingerprint density at radius 2 is 2.12 bits per heavy atom. The average molecular weight is 453 g/mol. The van der Waals surface area contributed by atoms with E-state index in [-0.39, 0.29) is 11.6 Å². The van der Waals surface area contributed by atoms with Gasteiger partial charge in [0.15, 0.2) is 12.1 Å². The summed E-state index contributed by atoms with van der Waals surface area (Å²) in [5.74, 6) is 1.08. The number of aromatic nitrogens is 4. The Hall–Kier alpha value is -4.06. The van der Waals surface area contributed by atoms with Crippen LogP contribution in [0.1, 0.15) is 22.3 Å². The van der Waals surface area contributed by atoms with Gasteiger partial charge in [0, 0.05) is 49.8 Å². The molecule has 1 N–H and O–H groups in total. The Bertz CT molecular complexity index is 1170. The number of aldehydes is 1. The molecule has 1 saturated heterocycles. The lowest BCUT2D eigenvalue weighted by Crippen LogP contribution is -2.26. The van der Waals surface area contributed by atoms with Crippen molar-refractivity contribution < 1.29 is 19.2 Å². The van der Waals surface area contributed by atoms with Crippen molar-refractivity contribution in [1.29, 1.82) is 0 Å². The number of aryl methyl sites for hydroxylation is 1. The number of anilines is 3. The van der Waals surface area contributed by atoms with Crippen molar-refractivity contribution in [2.24, 2.45) is 0 Å². The van der Waals surface area contributed by atoms with Crippen LogP contribution in [0.25, 0.3) is 5.82 Å². The minimum Gasteiger partial charge on any atom is -0.494 e. The number of hydrogen-bond acceptors (Lipinski definition) is 10. The van der Waals surface area contributed by atoms with Gasteiger partial charge in [-0.1, -0.05) is 0 Å². The molecule has 3 aromatic rings. The minimum absolute atomic E-state index is 0.0600. The quantitative estimate of drug-likeness (QED) is 0.323. The number of rotatable bonds is 7. The van der Waals surface area contributed by atoms with E-state index in [1.54, 1.807) is 18.5 Å². The zero-order valence-electron chi connectivity index (χ0n) is 18.2. The summed E-state index contributed by atoms with van der Waals surface area (Å²) in [5.41, 5.74) is 1.90. The van der Waals surface area contributed by atoms with E-state index < -0.39 is 4.92 Å². The van der Waals surface area contributed by atoms with Crippen LogP contribution in [0.3, 0.4) is 0 Å². The number of nitro benzene ring substituents is 1. The number of nitrogens with zero attached hydrogens (tertiary/aromatic N) is 6. The molecular formula is C21H23N7O5. The van der Waals surface area contributed by atoms with E-state index in [9.17, 15) is 14.9 Å². The van der Waals surface area contributed by atoms with Gasteiger partial charge in [-0.05, 0) is 13.3 Å². The van der Waals surface area contributed by atoms with E-state index in [2.05, 4.69) is 20.4 Å². The smallest absolute Gasteiger partial charge is 0.294 e. The summed E-state index contributed by atoms with van der Waals surface area (Å²) in [6, 6.07) is 3.06. The standard InChI is InChI=1S/C21H23N7O5/c1-14-10-22-21(25-20(14)27-12-15(13-29)11-23-27)24-16-8-18(28(30)31)17(9-19(16)32-2)26-4-3-6-33-7-5-26/h8-13H,3-7H2,1-2H3,(H,22,24,25). The van der Waals surface area contributed by atoms with Crippen LogP contribution in [-0.4, -0.2) is 64.4 Å². The number of nitro groups is 1. The van der Waals surface area contributed by atoms with Crippen LogP contribution >= 0.6 is 0 Å². The van der Waals surface area contributed by atoms with Gasteiger partial charge >= 0.3 is 0 Å². The summed E-state index contributed by atoms with van der Waals surface area (Å²) in [4.78, 5) is 33.1. The molecule has 1 aromatic carbocycles. The zero-order chi connectivity index (χ0) is 23.4. The molecule has 0 amide bonds. The van der Waals surface area contributed by atoms with Crippen LogP contribution in [0.15, 0.2) is 30.7 Å². The Labute approximate surface area is 189 Å². The van der Waals surface area contributed by atoms with Crippen LogP contribution in [-0.2, 0) is 4.74 Å². The summed E-state index contributed by atoms with van der Waals surface area (Å²) in [5, 5.41) is 19.0. The molecule has 0 unspecified atom stereocenters. The number of nitrogens with one attached hydrogen (secondary N) is 1. The van der Waals surface area contributed by atoms with Crippen LogP contribution in [0.2, 0.25) is 0 Å². The van der Waals surface area contributed by atoms with Gasteiger partial charge in [-0.25, -0.2) is 9.67 Å². The minimum atomic E-state index is -0.419. The first-order chi connectivity index (χ1) is 16.0. The summed E-state index contributed by atoms with van der Waals surface area (Å²) in [6.07, 6.45) is 6.05. The van der Waals surface area contributed by atoms with Gasteiger partial charge in [0.2, 0.25) is 5.95 Å². The van der Waals surface area contributed by atoms with Gasteiger partial charge in [0.05, 0.1) is 36.1 Å². The summed E-state index contributed by atoms with van der Waals surface area (Å²) in [7, 11) is 1.49. The van der Waals surface area contributed by atoms with Crippen LogP contribution < -0.4 is 15.0 Å². The van der Waals surface area contributed by atoms with Gasteiger partial charge in [-0.15, -0.1) is 0 Å². The Balaban J connectivity index is 1.70. The van der Waals surface area contributed by atoms with Gasteiger partial charge in [0.25, 0.3) is 5.69 Å². The second-order valence-electron chi connectivity index (χ2n) is 7.41.